The van der Waals surface area contributed by atoms with E-state index in [0.29, 0.717) is 16.8 Å². The molecule has 0 fully saturated rings. The van der Waals surface area contributed by atoms with Gasteiger partial charge in [0, 0.05) is 33.7 Å². The van der Waals surface area contributed by atoms with Gasteiger partial charge in [-0.15, -0.1) is 0 Å². The van der Waals surface area contributed by atoms with Crippen LogP contribution in [-0.2, 0) is 6.54 Å². The van der Waals surface area contributed by atoms with E-state index >= 15 is 0 Å². The van der Waals surface area contributed by atoms with Gasteiger partial charge in [0.25, 0.3) is 0 Å². The van der Waals surface area contributed by atoms with Crippen molar-refractivity contribution in [3.05, 3.63) is 27.3 Å². The largest absolute Gasteiger partial charge is 0.495 e. The molecule has 0 aliphatic heterocycles. The Kier molecular flexibility index (Phi) is 4.20. The first-order valence-corrected chi connectivity index (χ1v) is 6.97. The molecule has 0 unspecified atom stereocenters. The van der Waals surface area contributed by atoms with E-state index in [0.717, 1.165) is 27.6 Å². The Morgan fingerprint density at radius 2 is 2.17 bits per heavy atom. The van der Waals surface area contributed by atoms with Crippen molar-refractivity contribution in [2.75, 3.05) is 7.11 Å². The number of rotatable bonds is 4. The molecule has 98 valence electrons. The summed E-state index contributed by atoms with van der Waals surface area (Å²) < 4.78 is 6.29. The van der Waals surface area contributed by atoms with Gasteiger partial charge >= 0.3 is 0 Å². The summed E-state index contributed by atoms with van der Waals surface area (Å²) in [6.07, 6.45) is 0. The van der Waals surface area contributed by atoms with Gasteiger partial charge in [-0.3, -0.25) is 0 Å². The summed E-state index contributed by atoms with van der Waals surface area (Å²) in [6.45, 7) is 5.03. The average molecular weight is 332 g/mol. The fraction of sp³-hybridized carbons (Fsp3) is 0.385. The zero-order valence-corrected chi connectivity index (χ0v) is 12.9. The van der Waals surface area contributed by atoms with Gasteiger partial charge in [0.2, 0.25) is 0 Å². The minimum absolute atomic E-state index is 0.446. The summed E-state index contributed by atoms with van der Waals surface area (Å²) in [5, 5.41) is 5.07. The molecule has 1 heterocycles. The molecule has 18 heavy (non-hydrogen) atoms. The number of fused-ring (bicyclic) bond motifs is 1. The van der Waals surface area contributed by atoms with Gasteiger partial charge in [0.15, 0.2) is 0 Å². The van der Waals surface area contributed by atoms with Crippen molar-refractivity contribution in [1.29, 1.82) is 0 Å². The summed E-state index contributed by atoms with van der Waals surface area (Å²) in [7, 11) is 1.62. The lowest BCUT2D eigenvalue weighted by atomic mass is 10.2. The van der Waals surface area contributed by atoms with Crippen LogP contribution in [0.25, 0.3) is 10.9 Å². The van der Waals surface area contributed by atoms with Gasteiger partial charge < -0.3 is 15.0 Å². The SMILES string of the molecule is COc1cc2c(Br)c(CNC(C)C)[nH]c2cc1Cl. The molecule has 0 aliphatic carbocycles. The lowest BCUT2D eigenvalue weighted by molar-refractivity contribution is 0.415. The van der Waals surface area contributed by atoms with E-state index in [2.05, 4.69) is 40.1 Å². The molecule has 1 aromatic heterocycles. The number of halogens is 2. The van der Waals surface area contributed by atoms with E-state index in [9.17, 15) is 0 Å². The van der Waals surface area contributed by atoms with Crippen LogP contribution >= 0.6 is 27.5 Å². The van der Waals surface area contributed by atoms with E-state index in [1.54, 1.807) is 7.11 Å². The Bertz CT molecular complexity index is 566. The topological polar surface area (TPSA) is 37.0 Å². The predicted molar refractivity (Wildman–Crippen MR) is 79.5 cm³/mol. The minimum atomic E-state index is 0.446. The first kappa shape index (κ1) is 13.7. The van der Waals surface area contributed by atoms with E-state index < -0.39 is 0 Å². The minimum Gasteiger partial charge on any atom is -0.495 e. The Hall–Kier alpha value is -0.710. The number of nitrogens with one attached hydrogen (secondary N) is 2. The van der Waals surface area contributed by atoms with Gasteiger partial charge in [0.05, 0.1) is 12.1 Å². The predicted octanol–water partition coefficient (Wildman–Crippen LogP) is 4.09. The number of aromatic amines is 1. The molecule has 0 saturated carbocycles. The first-order valence-electron chi connectivity index (χ1n) is 5.80. The van der Waals surface area contributed by atoms with E-state index in [1.807, 2.05) is 12.1 Å². The number of hydrogen-bond acceptors (Lipinski definition) is 2. The first-order chi connectivity index (χ1) is 8.52. The summed E-state index contributed by atoms with van der Waals surface area (Å²) in [6, 6.07) is 4.28. The maximum atomic E-state index is 6.12. The Morgan fingerprint density at radius 1 is 1.44 bits per heavy atom. The van der Waals surface area contributed by atoms with Crippen molar-refractivity contribution in [2.45, 2.75) is 26.4 Å². The van der Waals surface area contributed by atoms with Crippen molar-refractivity contribution in [1.82, 2.24) is 10.3 Å². The third-order valence-electron chi connectivity index (χ3n) is 2.77. The van der Waals surface area contributed by atoms with Gasteiger partial charge in [-0.25, -0.2) is 0 Å². The Balaban J connectivity index is 2.43. The zero-order valence-electron chi connectivity index (χ0n) is 10.6. The van der Waals surface area contributed by atoms with E-state index in [4.69, 9.17) is 16.3 Å². The second kappa shape index (κ2) is 5.51. The van der Waals surface area contributed by atoms with Crippen LogP contribution < -0.4 is 10.1 Å². The number of H-pyrrole nitrogens is 1. The standard InChI is InChI=1S/C13H16BrClN2O/c1-7(2)16-6-11-13(14)8-4-12(18-3)9(15)5-10(8)17-11/h4-5,7,16-17H,6H2,1-3H3. The van der Waals surface area contributed by atoms with E-state index in [1.165, 1.54) is 0 Å². The fourth-order valence-electron chi connectivity index (χ4n) is 1.80. The summed E-state index contributed by atoms with van der Waals surface area (Å²) in [4.78, 5) is 3.36. The molecule has 2 rings (SSSR count). The van der Waals surface area contributed by atoms with E-state index in [-0.39, 0.29) is 0 Å². The van der Waals surface area contributed by atoms with Crippen molar-refractivity contribution in [2.24, 2.45) is 0 Å². The molecule has 1 aromatic carbocycles. The molecule has 0 bridgehead atoms. The number of ether oxygens (including phenoxy) is 1. The summed E-state index contributed by atoms with van der Waals surface area (Å²) >= 11 is 9.74. The van der Waals surface area contributed by atoms with Crippen LogP contribution in [0.5, 0.6) is 5.75 Å². The summed E-state index contributed by atoms with van der Waals surface area (Å²) in [5.41, 5.74) is 2.12. The number of hydrogen-bond donors (Lipinski definition) is 2. The Morgan fingerprint density at radius 3 is 2.78 bits per heavy atom. The van der Waals surface area contributed by atoms with Crippen LogP contribution in [-0.4, -0.2) is 18.1 Å². The highest BCUT2D eigenvalue weighted by molar-refractivity contribution is 9.10. The second-order valence-electron chi connectivity index (χ2n) is 4.49. The van der Waals surface area contributed by atoms with Gasteiger partial charge in [-0.2, -0.15) is 0 Å². The van der Waals surface area contributed by atoms with Crippen LogP contribution in [0.1, 0.15) is 19.5 Å². The maximum Gasteiger partial charge on any atom is 0.138 e. The van der Waals surface area contributed by atoms with Crippen LogP contribution in [0.4, 0.5) is 0 Å². The quantitative estimate of drug-likeness (QED) is 0.885. The van der Waals surface area contributed by atoms with Crippen LogP contribution in [0, 0.1) is 0 Å². The molecule has 0 atom stereocenters. The molecule has 0 amide bonds. The molecule has 0 spiro atoms. The Labute approximate surface area is 120 Å². The van der Waals surface area contributed by atoms with Crippen molar-refractivity contribution >= 4 is 38.4 Å². The molecule has 3 nitrogen and oxygen atoms in total. The van der Waals surface area contributed by atoms with Crippen molar-refractivity contribution < 1.29 is 4.74 Å². The second-order valence-corrected chi connectivity index (χ2v) is 5.69. The highest BCUT2D eigenvalue weighted by atomic mass is 79.9. The fourth-order valence-corrected chi connectivity index (χ4v) is 2.61. The lowest BCUT2D eigenvalue weighted by Crippen LogP contribution is -2.22. The number of benzene rings is 1. The monoisotopic (exact) mass is 330 g/mol. The molecule has 0 radical (unpaired) electrons. The maximum absolute atomic E-state index is 6.12. The van der Waals surface area contributed by atoms with Gasteiger partial charge in [-0.05, 0) is 28.1 Å². The van der Waals surface area contributed by atoms with Crippen LogP contribution in [0.15, 0.2) is 16.6 Å². The molecular weight excluding hydrogens is 316 g/mol. The number of methoxy groups -OCH3 is 1. The number of aromatic nitrogens is 1. The van der Waals surface area contributed by atoms with Crippen LogP contribution in [0.3, 0.4) is 0 Å². The molecule has 0 saturated heterocycles. The molecule has 0 aliphatic rings. The molecule has 2 N–H and O–H groups in total. The van der Waals surface area contributed by atoms with Crippen molar-refractivity contribution in [3.63, 3.8) is 0 Å². The normalized spacial score (nSPS) is 11.4. The molecule has 2 aromatic rings. The lowest BCUT2D eigenvalue weighted by Gasteiger charge is -2.06. The van der Waals surface area contributed by atoms with Crippen LogP contribution in [0.2, 0.25) is 5.02 Å². The molecule has 5 heteroatoms. The average Bonchev–Trinajstić information content (AvgIpc) is 2.62. The highest BCUT2D eigenvalue weighted by Crippen LogP contribution is 2.35. The zero-order chi connectivity index (χ0) is 13.3. The van der Waals surface area contributed by atoms with Gasteiger partial charge in [-0.1, -0.05) is 25.4 Å². The van der Waals surface area contributed by atoms with Crippen molar-refractivity contribution in [3.8, 4) is 5.75 Å². The smallest absolute Gasteiger partial charge is 0.138 e. The third kappa shape index (κ3) is 2.66. The third-order valence-corrected chi connectivity index (χ3v) is 3.97. The summed E-state index contributed by atoms with van der Waals surface area (Å²) in [5.74, 6) is 0.687. The highest BCUT2D eigenvalue weighted by Gasteiger charge is 2.12. The molecular formula is C13H16BrClN2O. The van der Waals surface area contributed by atoms with Gasteiger partial charge in [0.1, 0.15) is 5.75 Å².